The Balaban J connectivity index is 2.39. The van der Waals surface area contributed by atoms with E-state index in [1.54, 1.807) is 13.0 Å². The summed E-state index contributed by atoms with van der Waals surface area (Å²) in [5, 5.41) is 8.91. The van der Waals surface area contributed by atoms with Crippen molar-refractivity contribution in [2.45, 2.75) is 46.1 Å². The van der Waals surface area contributed by atoms with Crippen molar-refractivity contribution in [2.75, 3.05) is 0 Å². The van der Waals surface area contributed by atoms with Gasteiger partial charge in [-0.1, -0.05) is 19.9 Å². The number of carboxylic acid groups (broad SMARTS) is 1. The van der Waals surface area contributed by atoms with Gasteiger partial charge in [0.1, 0.15) is 11.5 Å². The highest BCUT2D eigenvalue weighted by molar-refractivity contribution is 5.80. The number of carbonyl (C=O) groups excluding carboxylic acids is 1. The fourth-order valence-corrected chi connectivity index (χ4v) is 2.67. The second-order valence-corrected chi connectivity index (χ2v) is 5.43. The molecule has 0 aliphatic carbocycles. The number of fused-ring (bicyclic) bond motifs is 1. The highest BCUT2D eigenvalue weighted by Gasteiger charge is 2.35. The lowest BCUT2D eigenvalue weighted by atomic mass is 9.82. The molecule has 5 heteroatoms. The molecule has 3 unspecified atom stereocenters. The molecule has 0 spiro atoms. The number of carboxylic acids is 1. The molecule has 0 fully saturated rings. The Morgan fingerprint density at radius 1 is 1.48 bits per heavy atom. The number of aliphatic carboxylic acids is 1. The molecular formula is C16H20O5. The van der Waals surface area contributed by atoms with E-state index in [-0.39, 0.29) is 17.8 Å². The first-order chi connectivity index (χ1) is 9.86. The van der Waals surface area contributed by atoms with Gasteiger partial charge in [0, 0.05) is 5.56 Å². The topological polar surface area (TPSA) is 72.8 Å². The van der Waals surface area contributed by atoms with Crippen LogP contribution in [-0.2, 0) is 9.59 Å². The molecule has 21 heavy (non-hydrogen) atoms. The molecule has 1 aliphatic heterocycles. The molecule has 1 N–H and O–H groups in total. The van der Waals surface area contributed by atoms with Crippen LogP contribution in [0.4, 0.5) is 0 Å². The zero-order valence-corrected chi connectivity index (χ0v) is 12.7. The Labute approximate surface area is 123 Å². The first-order valence-electron chi connectivity index (χ1n) is 7.11. The summed E-state index contributed by atoms with van der Waals surface area (Å²) >= 11 is 0. The summed E-state index contributed by atoms with van der Waals surface area (Å²) in [6.07, 6.45) is -0.228. The monoisotopic (exact) mass is 292 g/mol. The van der Waals surface area contributed by atoms with Gasteiger partial charge in [0.25, 0.3) is 0 Å². The molecule has 114 valence electrons. The first kappa shape index (κ1) is 15.4. The minimum absolute atomic E-state index is 0.0795. The van der Waals surface area contributed by atoms with Crippen molar-refractivity contribution in [3.8, 4) is 11.5 Å². The van der Waals surface area contributed by atoms with Crippen LogP contribution < -0.4 is 9.47 Å². The van der Waals surface area contributed by atoms with E-state index in [4.69, 9.17) is 14.6 Å². The smallest absolute Gasteiger partial charge is 0.344 e. The van der Waals surface area contributed by atoms with Crippen LogP contribution >= 0.6 is 0 Å². The first-order valence-corrected chi connectivity index (χ1v) is 7.11. The third-order valence-electron chi connectivity index (χ3n) is 4.08. The number of esters is 1. The lowest BCUT2D eigenvalue weighted by Crippen LogP contribution is -2.30. The van der Waals surface area contributed by atoms with Crippen LogP contribution in [0, 0.1) is 12.8 Å². The van der Waals surface area contributed by atoms with Gasteiger partial charge >= 0.3 is 11.9 Å². The minimum atomic E-state index is -1.04. The number of ether oxygens (including phenoxy) is 2. The van der Waals surface area contributed by atoms with E-state index in [9.17, 15) is 9.59 Å². The number of benzene rings is 1. The van der Waals surface area contributed by atoms with Gasteiger partial charge in [-0.2, -0.15) is 0 Å². The Morgan fingerprint density at radius 3 is 2.71 bits per heavy atom. The van der Waals surface area contributed by atoms with Gasteiger partial charge in [0.2, 0.25) is 0 Å². The molecule has 0 saturated heterocycles. The van der Waals surface area contributed by atoms with E-state index < -0.39 is 12.1 Å². The van der Waals surface area contributed by atoms with Crippen molar-refractivity contribution < 1.29 is 24.2 Å². The summed E-state index contributed by atoms with van der Waals surface area (Å²) in [4.78, 5) is 22.9. The molecule has 0 radical (unpaired) electrons. The van der Waals surface area contributed by atoms with Crippen LogP contribution in [0.15, 0.2) is 12.1 Å². The third-order valence-corrected chi connectivity index (χ3v) is 4.08. The normalized spacial score (nSPS) is 22.2. The van der Waals surface area contributed by atoms with Crippen molar-refractivity contribution in [3.63, 3.8) is 0 Å². The summed E-state index contributed by atoms with van der Waals surface area (Å²) < 4.78 is 10.9. The molecule has 0 aromatic heterocycles. The zero-order chi connectivity index (χ0) is 15.7. The number of carbonyl (C=O) groups is 2. The molecule has 1 heterocycles. The van der Waals surface area contributed by atoms with Crippen molar-refractivity contribution in [2.24, 2.45) is 5.92 Å². The van der Waals surface area contributed by atoms with Crippen molar-refractivity contribution in [1.29, 1.82) is 0 Å². The lowest BCUT2D eigenvalue weighted by Gasteiger charge is -2.30. The number of hydrogen-bond acceptors (Lipinski definition) is 4. The number of hydrogen-bond donors (Lipinski definition) is 1. The largest absolute Gasteiger partial charge is 0.479 e. The van der Waals surface area contributed by atoms with Gasteiger partial charge in [-0.3, -0.25) is 4.79 Å². The van der Waals surface area contributed by atoms with Gasteiger partial charge in [-0.25, -0.2) is 4.79 Å². The van der Waals surface area contributed by atoms with Gasteiger partial charge in [0.15, 0.2) is 6.10 Å². The van der Waals surface area contributed by atoms with Crippen LogP contribution in [0.1, 0.15) is 44.2 Å². The minimum Gasteiger partial charge on any atom is -0.479 e. The van der Waals surface area contributed by atoms with Crippen molar-refractivity contribution in [1.82, 2.24) is 0 Å². The number of rotatable bonds is 4. The van der Waals surface area contributed by atoms with Crippen molar-refractivity contribution in [3.05, 3.63) is 23.3 Å². The zero-order valence-electron chi connectivity index (χ0n) is 12.7. The van der Waals surface area contributed by atoms with E-state index in [0.29, 0.717) is 17.1 Å². The van der Waals surface area contributed by atoms with E-state index >= 15 is 0 Å². The molecule has 3 atom stereocenters. The fraction of sp³-hybridized carbons (Fsp3) is 0.500. The molecule has 1 aliphatic rings. The highest BCUT2D eigenvalue weighted by Crippen LogP contribution is 2.43. The second kappa shape index (κ2) is 5.76. The predicted octanol–water partition coefficient (Wildman–Crippen LogP) is 2.90. The van der Waals surface area contributed by atoms with E-state index in [2.05, 4.69) is 0 Å². The molecular weight excluding hydrogens is 272 g/mol. The van der Waals surface area contributed by atoms with Crippen LogP contribution in [-0.4, -0.2) is 23.1 Å². The predicted molar refractivity (Wildman–Crippen MR) is 76.7 cm³/mol. The Hall–Kier alpha value is -2.04. The van der Waals surface area contributed by atoms with Gasteiger partial charge in [-0.05, 0) is 37.8 Å². The van der Waals surface area contributed by atoms with Crippen LogP contribution in [0.5, 0.6) is 11.5 Å². The average molecular weight is 292 g/mol. The van der Waals surface area contributed by atoms with Gasteiger partial charge in [0.05, 0.1) is 5.92 Å². The van der Waals surface area contributed by atoms with Crippen LogP contribution in [0.25, 0.3) is 0 Å². The molecule has 0 bridgehead atoms. The maximum atomic E-state index is 12.0. The summed E-state index contributed by atoms with van der Waals surface area (Å²) in [7, 11) is 0. The second-order valence-electron chi connectivity index (χ2n) is 5.43. The standard InChI is InChI=1S/C16H20O5/c1-5-11-8(2)12-6-7-13(20-10(4)15(17)18)9(3)14(12)21-16(11)19/h6-8,10-11H,5H2,1-4H3,(H,17,18). The molecule has 1 aromatic carbocycles. The molecule has 2 rings (SSSR count). The highest BCUT2D eigenvalue weighted by atomic mass is 16.5. The maximum Gasteiger partial charge on any atom is 0.344 e. The average Bonchev–Trinajstić information content (AvgIpc) is 2.42. The van der Waals surface area contributed by atoms with Gasteiger partial charge < -0.3 is 14.6 Å². The third kappa shape index (κ3) is 2.73. The van der Waals surface area contributed by atoms with Crippen LogP contribution in [0.3, 0.4) is 0 Å². The molecule has 0 saturated carbocycles. The van der Waals surface area contributed by atoms with Gasteiger partial charge in [-0.15, -0.1) is 0 Å². The summed E-state index contributed by atoms with van der Waals surface area (Å²) in [6.45, 7) is 7.21. The fourth-order valence-electron chi connectivity index (χ4n) is 2.67. The van der Waals surface area contributed by atoms with E-state index in [0.717, 1.165) is 12.0 Å². The summed E-state index contributed by atoms with van der Waals surface area (Å²) in [6, 6.07) is 3.60. The lowest BCUT2D eigenvalue weighted by molar-refractivity contribution is -0.144. The maximum absolute atomic E-state index is 12.0. The molecule has 1 aromatic rings. The quantitative estimate of drug-likeness (QED) is 0.682. The Kier molecular flexibility index (Phi) is 4.21. The molecule has 0 amide bonds. The molecule has 5 nitrogen and oxygen atoms in total. The van der Waals surface area contributed by atoms with Crippen molar-refractivity contribution >= 4 is 11.9 Å². The van der Waals surface area contributed by atoms with E-state index in [1.807, 2.05) is 19.9 Å². The SMILES string of the molecule is CCC1C(=O)Oc2c(ccc(OC(C)C(=O)O)c2C)C1C. The van der Waals surface area contributed by atoms with E-state index in [1.165, 1.54) is 6.92 Å². The summed E-state index contributed by atoms with van der Waals surface area (Å²) in [5.74, 6) is -0.393. The Bertz CT molecular complexity index is 578. The Morgan fingerprint density at radius 2 is 2.14 bits per heavy atom. The summed E-state index contributed by atoms with van der Waals surface area (Å²) in [5.41, 5.74) is 1.63. The van der Waals surface area contributed by atoms with Crippen LogP contribution in [0.2, 0.25) is 0 Å².